The number of hydrogen-bond donors (Lipinski definition) is 1. The van der Waals surface area contributed by atoms with Crippen molar-refractivity contribution in [2.24, 2.45) is 17.3 Å². The molecule has 5 nitrogen and oxygen atoms in total. The summed E-state index contributed by atoms with van der Waals surface area (Å²) in [4.78, 5) is 27.3. The van der Waals surface area contributed by atoms with Crippen LogP contribution in [0.1, 0.15) is 13.8 Å². The third-order valence-electron chi connectivity index (χ3n) is 4.17. The van der Waals surface area contributed by atoms with E-state index in [1.54, 1.807) is 0 Å². The van der Waals surface area contributed by atoms with Gasteiger partial charge in [0.05, 0.1) is 11.8 Å². The fourth-order valence-electron chi connectivity index (χ4n) is 2.78. The third-order valence-corrected chi connectivity index (χ3v) is 4.17. The van der Waals surface area contributed by atoms with Crippen LogP contribution in [0.3, 0.4) is 0 Å². The lowest BCUT2D eigenvalue weighted by Crippen LogP contribution is -2.48. The van der Waals surface area contributed by atoms with E-state index in [1.165, 1.54) is 0 Å². The average molecular weight is 240 g/mol. The van der Waals surface area contributed by atoms with Gasteiger partial charge in [0.1, 0.15) is 0 Å². The summed E-state index contributed by atoms with van der Waals surface area (Å²) >= 11 is 0. The molecule has 0 aromatic carbocycles. The maximum Gasteiger partial charge on any atom is 0.307 e. The molecular weight excluding hydrogens is 220 g/mol. The predicted octanol–water partition coefficient (Wildman–Crippen LogP) is 0.117. The number of amides is 1. The number of carboxylic acid groups (broad SMARTS) is 1. The van der Waals surface area contributed by atoms with E-state index in [4.69, 9.17) is 5.11 Å². The maximum atomic E-state index is 12.2. The Morgan fingerprint density at radius 3 is 2.06 bits per heavy atom. The minimum absolute atomic E-state index is 0.0236. The van der Waals surface area contributed by atoms with Gasteiger partial charge in [-0.15, -0.1) is 0 Å². The van der Waals surface area contributed by atoms with Crippen LogP contribution < -0.4 is 0 Å². The van der Waals surface area contributed by atoms with E-state index in [2.05, 4.69) is 4.90 Å². The Hall–Kier alpha value is -1.10. The van der Waals surface area contributed by atoms with Crippen LogP contribution in [-0.4, -0.2) is 60.0 Å². The smallest absolute Gasteiger partial charge is 0.307 e. The van der Waals surface area contributed by atoms with E-state index in [0.29, 0.717) is 13.1 Å². The van der Waals surface area contributed by atoms with Gasteiger partial charge in [0.15, 0.2) is 0 Å². The van der Waals surface area contributed by atoms with E-state index in [-0.39, 0.29) is 17.2 Å². The molecular formula is C12H20N2O3. The number of carbonyl (C=O) groups excluding carboxylic acids is 1. The second-order valence-electron chi connectivity index (χ2n) is 5.74. The van der Waals surface area contributed by atoms with Gasteiger partial charge in [0, 0.05) is 26.2 Å². The van der Waals surface area contributed by atoms with E-state index in [9.17, 15) is 9.59 Å². The Morgan fingerprint density at radius 1 is 1.12 bits per heavy atom. The SMILES string of the molecule is CN1CCN(C(=O)[C@H]2[C@H](C(=O)O)C2(C)C)CC1. The average Bonchev–Trinajstić information content (AvgIpc) is 2.82. The number of rotatable bonds is 2. The van der Waals surface area contributed by atoms with Gasteiger partial charge in [-0.05, 0) is 12.5 Å². The molecule has 0 radical (unpaired) electrons. The van der Waals surface area contributed by atoms with Gasteiger partial charge < -0.3 is 14.9 Å². The number of aliphatic carboxylic acids is 1. The van der Waals surface area contributed by atoms with Crippen LogP contribution in [0.15, 0.2) is 0 Å². The van der Waals surface area contributed by atoms with Crippen molar-refractivity contribution in [1.82, 2.24) is 9.80 Å². The molecule has 0 spiro atoms. The molecule has 2 rings (SSSR count). The summed E-state index contributed by atoms with van der Waals surface area (Å²) in [5, 5.41) is 9.07. The van der Waals surface area contributed by atoms with Crippen molar-refractivity contribution >= 4 is 11.9 Å². The minimum Gasteiger partial charge on any atom is -0.481 e. The summed E-state index contributed by atoms with van der Waals surface area (Å²) in [6.07, 6.45) is 0. The van der Waals surface area contributed by atoms with Crippen molar-refractivity contribution in [3.63, 3.8) is 0 Å². The van der Waals surface area contributed by atoms with Gasteiger partial charge >= 0.3 is 5.97 Å². The monoisotopic (exact) mass is 240 g/mol. The summed E-state index contributed by atoms with van der Waals surface area (Å²) < 4.78 is 0. The molecule has 1 aliphatic heterocycles. The molecule has 2 fully saturated rings. The molecule has 2 aliphatic rings. The molecule has 0 aromatic heterocycles. The fraction of sp³-hybridized carbons (Fsp3) is 0.833. The Labute approximate surface area is 101 Å². The van der Waals surface area contributed by atoms with Crippen molar-refractivity contribution in [3.8, 4) is 0 Å². The largest absolute Gasteiger partial charge is 0.481 e. The van der Waals surface area contributed by atoms with Crippen LogP contribution in [0.25, 0.3) is 0 Å². The maximum absolute atomic E-state index is 12.2. The van der Waals surface area contributed by atoms with Crippen LogP contribution in [0.5, 0.6) is 0 Å². The molecule has 17 heavy (non-hydrogen) atoms. The van der Waals surface area contributed by atoms with Crippen LogP contribution in [-0.2, 0) is 9.59 Å². The first-order valence-electron chi connectivity index (χ1n) is 6.06. The Bertz CT molecular complexity index is 346. The van der Waals surface area contributed by atoms with Crippen molar-refractivity contribution in [2.75, 3.05) is 33.2 Å². The molecule has 2 atom stereocenters. The molecule has 0 aromatic rings. The van der Waals surface area contributed by atoms with Crippen molar-refractivity contribution in [3.05, 3.63) is 0 Å². The normalized spacial score (nSPS) is 32.3. The number of nitrogens with zero attached hydrogens (tertiary/aromatic N) is 2. The standard InChI is InChI=1S/C12H20N2O3/c1-12(2)8(9(12)11(16)17)10(15)14-6-4-13(3)5-7-14/h8-9H,4-7H2,1-3H3,(H,16,17)/t8-,9-/m1/s1. The Balaban J connectivity index is 2.00. The quantitative estimate of drug-likeness (QED) is 0.744. The van der Waals surface area contributed by atoms with Gasteiger partial charge in [-0.1, -0.05) is 13.8 Å². The van der Waals surface area contributed by atoms with Gasteiger partial charge in [0.25, 0.3) is 0 Å². The number of likely N-dealkylation sites (N-methyl/N-ethyl adjacent to an activating group) is 1. The van der Waals surface area contributed by atoms with Crippen molar-refractivity contribution in [2.45, 2.75) is 13.8 Å². The topological polar surface area (TPSA) is 60.9 Å². The molecule has 0 unspecified atom stereocenters. The number of hydrogen-bond acceptors (Lipinski definition) is 3. The van der Waals surface area contributed by atoms with E-state index >= 15 is 0 Å². The van der Waals surface area contributed by atoms with Crippen LogP contribution >= 0.6 is 0 Å². The molecule has 1 heterocycles. The lowest BCUT2D eigenvalue weighted by atomic mass is 10.1. The Kier molecular flexibility index (Phi) is 2.89. The van der Waals surface area contributed by atoms with Gasteiger partial charge in [-0.2, -0.15) is 0 Å². The molecule has 1 saturated heterocycles. The van der Waals surface area contributed by atoms with Crippen LogP contribution in [0, 0.1) is 17.3 Å². The van der Waals surface area contributed by atoms with E-state index in [1.807, 2.05) is 25.8 Å². The van der Waals surface area contributed by atoms with Gasteiger partial charge in [-0.3, -0.25) is 9.59 Å². The third kappa shape index (κ3) is 2.04. The van der Waals surface area contributed by atoms with Crippen LogP contribution in [0.4, 0.5) is 0 Å². The highest BCUT2D eigenvalue weighted by atomic mass is 16.4. The molecule has 5 heteroatoms. The molecule has 96 valence electrons. The second kappa shape index (κ2) is 3.98. The van der Waals surface area contributed by atoms with E-state index in [0.717, 1.165) is 13.1 Å². The molecule has 1 saturated carbocycles. The summed E-state index contributed by atoms with van der Waals surface area (Å²) in [6, 6.07) is 0. The molecule has 0 bridgehead atoms. The lowest BCUT2D eigenvalue weighted by molar-refractivity contribution is -0.142. The van der Waals surface area contributed by atoms with E-state index < -0.39 is 11.9 Å². The summed E-state index contributed by atoms with van der Waals surface area (Å²) in [7, 11) is 2.03. The Morgan fingerprint density at radius 2 is 1.65 bits per heavy atom. The molecule has 1 amide bonds. The van der Waals surface area contributed by atoms with Crippen molar-refractivity contribution < 1.29 is 14.7 Å². The predicted molar refractivity (Wildman–Crippen MR) is 62.5 cm³/mol. The highest BCUT2D eigenvalue weighted by Crippen LogP contribution is 2.59. The zero-order chi connectivity index (χ0) is 12.8. The van der Waals surface area contributed by atoms with Gasteiger partial charge in [-0.25, -0.2) is 0 Å². The highest BCUT2D eigenvalue weighted by molar-refractivity contribution is 5.91. The minimum atomic E-state index is -0.845. The van der Waals surface area contributed by atoms with Crippen molar-refractivity contribution in [1.29, 1.82) is 0 Å². The van der Waals surface area contributed by atoms with Gasteiger partial charge in [0.2, 0.25) is 5.91 Å². The highest BCUT2D eigenvalue weighted by Gasteiger charge is 2.66. The number of piperazine rings is 1. The summed E-state index contributed by atoms with van der Waals surface area (Å²) in [6.45, 7) is 6.91. The molecule has 1 aliphatic carbocycles. The number of carbonyl (C=O) groups is 2. The fourth-order valence-corrected chi connectivity index (χ4v) is 2.78. The van der Waals surface area contributed by atoms with Crippen LogP contribution in [0.2, 0.25) is 0 Å². The number of carboxylic acids is 1. The summed E-state index contributed by atoms with van der Waals surface area (Å²) in [5.74, 6) is -1.66. The first-order valence-corrected chi connectivity index (χ1v) is 6.06. The lowest BCUT2D eigenvalue weighted by Gasteiger charge is -2.32. The zero-order valence-electron chi connectivity index (χ0n) is 10.6. The first kappa shape index (κ1) is 12.4. The zero-order valence-corrected chi connectivity index (χ0v) is 10.6. The second-order valence-corrected chi connectivity index (χ2v) is 5.74. The first-order chi connectivity index (χ1) is 7.85. The summed E-state index contributed by atoms with van der Waals surface area (Å²) in [5.41, 5.74) is -0.383. The molecule has 1 N–H and O–H groups in total.